The molecule has 1 saturated carbocycles. The van der Waals surface area contributed by atoms with Crippen LogP contribution >= 0.6 is 0 Å². The minimum atomic E-state index is -5.69. The monoisotopic (exact) mass is 355 g/mol. The Labute approximate surface area is 133 Å². The third kappa shape index (κ3) is 4.86. The van der Waals surface area contributed by atoms with Crippen LogP contribution in [0.3, 0.4) is 0 Å². The molecule has 3 unspecified atom stereocenters. The highest BCUT2D eigenvalue weighted by atomic mass is 32.2. The molecule has 9 heteroatoms. The number of amides is 1. The van der Waals surface area contributed by atoms with Gasteiger partial charge in [-0.3, -0.25) is 0 Å². The number of carbonyl (C=O) groups excluding carboxylic acids is 1. The van der Waals surface area contributed by atoms with Gasteiger partial charge in [-0.25, -0.2) is 9.52 Å². The Balaban J connectivity index is 1.54. The number of hydrogen-bond acceptors (Lipinski definition) is 4. The molecule has 3 atom stereocenters. The molecule has 0 heterocycles. The Morgan fingerprint density at radius 3 is 2.48 bits per heavy atom. The number of sulfonamides is 1. The maximum absolute atomic E-state index is 12.0. The summed E-state index contributed by atoms with van der Waals surface area (Å²) in [5, 5.41) is 0. The van der Waals surface area contributed by atoms with Crippen LogP contribution in [0.4, 0.5) is 18.0 Å². The fraction of sp³-hybridized carbons (Fsp3) is 0.786. The number of fused-ring (bicyclic) bond motifs is 2. The van der Waals surface area contributed by atoms with Crippen molar-refractivity contribution in [3.05, 3.63) is 12.2 Å². The highest BCUT2D eigenvalue weighted by molar-refractivity contribution is 7.90. The SMILES string of the molecule is O=C(NS(=O)(=O)C(F)(F)F)OCCCCCC1CC2C=CC1C2. The smallest absolute Gasteiger partial charge is 0.449 e. The number of halogens is 3. The van der Waals surface area contributed by atoms with E-state index in [0.29, 0.717) is 18.3 Å². The summed E-state index contributed by atoms with van der Waals surface area (Å²) in [5.74, 6) is 2.13. The van der Waals surface area contributed by atoms with E-state index in [1.165, 1.54) is 12.8 Å². The molecule has 2 aliphatic carbocycles. The Kier molecular flexibility index (Phi) is 5.59. The topological polar surface area (TPSA) is 72.5 Å². The minimum absolute atomic E-state index is 0.101. The van der Waals surface area contributed by atoms with Crippen LogP contribution in [0.25, 0.3) is 0 Å². The molecule has 1 N–H and O–H groups in total. The second-order valence-corrected chi connectivity index (χ2v) is 7.75. The van der Waals surface area contributed by atoms with E-state index in [9.17, 15) is 26.4 Å². The van der Waals surface area contributed by atoms with Crippen LogP contribution in [0.1, 0.15) is 38.5 Å². The zero-order valence-electron chi connectivity index (χ0n) is 12.5. The lowest BCUT2D eigenvalue weighted by Gasteiger charge is -2.17. The van der Waals surface area contributed by atoms with Gasteiger partial charge in [0.1, 0.15) is 0 Å². The first kappa shape index (κ1) is 18.1. The number of carbonyl (C=O) groups is 1. The van der Waals surface area contributed by atoms with Crippen LogP contribution in [0.15, 0.2) is 12.2 Å². The third-order valence-corrected chi connectivity index (χ3v) is 5.44. The lowest BCUT2D eigenvalue weighted by Crippen LogP contribution is -2.40. The summed E-state index contributed by atoms with van der Waals surface area (Å²) >= 11 is 0. The average molecular weight is 355 g/mol. The van der Waals surface area contributed by atoms with Gasteiger partial charge in [-0.05, 0) is 43.4 Å². The fourth-order valence-electron chi connectivity index (χ4n) is 3.27. The van der Waals surface area contributed by atoms with Crippen molar-refractivity contribution in [2.45, 2.75) is 44.0 Å². The minimum Gasteiger partial charge on any atom is -0.449 e. The van der Waals surface area contributed by atoms with E-state index >= 15 is 0 Å². The molecule has 1 fully saturated rings. The Morgan fingerprint density at radius 1 is 1.17 bits per heavy atom. The van der Waals surface area contributed by atoms with Crippen molar-refractivity contribution in [2.24, 2.45) is 17.8 Å². The first-order chi connectivity index (χ1) is 10.7. The van der Waals surface area contributed by atoms with Gasteiger partial charge < -0.3 is 4.74 Å². The molecule has 1 amide bonds. The summed E-state index contributed by atoms with van der Waals surface area (Å²) in [7, 11) is -5.69. The summed E-state index contributed by atoms with van der Waals surface area (Å²) in [6.07, 6.45) is 8.80. The lowest BCUT2D eigenvalue weighted by atomic mass is 9.89. The van der Waals surface area contributed by atoms with Gasteiger partial charge in [0.15, 0.2) is 0 Å². The van der Waals surface area contributed by atoms with Crippen LogP contribution in [0.5, 0.6) is 0 Å². The van der Waals surface area contributed by atoms with Crippen molar-refractivity contribution in [3.8, 4) is 0 Å². The van der Waals surface area contributed by atoms with Gasteiger partial charge in [0.05, 0.1) is 6.61 Å². The van der Waals surface area contributed by atoms with Crippen molar-refractivity contribution in [1.82, 2.24) is 4.72 Å². The summed E-state index contributed by atoms with van der Waals surface area (Å²) < 4.78 is 62.7. The molecule has 2 rings (SSSR count). The molecule has 23 heavy (non-hydrogen) atoms. The zero-order chi connectivity index (χ0) is 17.1. The number of allylic oxidation sites excluding steroid dienone is 2. The number of hydrogen-bond donors (Lipinski definition) is 1. The quantitative estimate of drug-likeness (QED) is 0.562. The zero-order valence-corrected chi connectivity index (χ0v) is 13.3. The molecule has 5 nitrogen and oxygen atoms in total. The molecule has 0 aromatic heterocycles. The highest BCUT2D eigenvalue weighted by Crippen LogP contribution is 2.45. The van der Waals surface area contributed by atoms with E-state index in [4.69, 9.17) is 0 Å². The van der Waals surface area contributed by atoms with Crippen molar-refractivity contribution >= 4 is 16.1 Å². The molecule has 0 saturated heterocycles. The standard InChI is InChI=1S/C14H20F3NO4S/c15-14(16,17)23(20,21)18-13(19)22-7-3-1-2-4-11-8-10-5-6-12(11)9-10/h5-6,10-12H,1-4,7-9H2,(H,18,19). The molecule has 0 aliphatic heterocycles. The van der Waals surface area contributed by atoms with Crippen LogP contribution in [0, 0.1) is 17.8 Å². The van der Waals surface area contributed by atoms with Gasteiger partial charge in [0, 0.05) is 0 Å². The number of ether oxygens (including phenoxy) is 1. The molecule has 0 aromatic carbocycles. The van der Waals surface area contributed by atoms with Gasteiger partial charge in [-0.2, -0.15) is 21.6 Å². The number of alkyl halides is 3. The van der Waals surface area contributed by atoms with Crippen LogP contribution in [-0.4, -0.2) is 26.6 Å². The Bertz CT molecular complexity index is 559. The van der Waals surface area contributed by atoms with E-state index in [-0.39, 0.29) is 6.61 Å². The molecular formula is C14H20F3NO4S. The van der Waals surface area contributed by atoms with E-state index in [1.54, 1.807) is 0 Å². The Hall–Kier alpha value is -1.25. The summed E-state index contributed by atoms with van der Waals surface area (Å²) in [4.78, 5) is 11.0. The maximum atomic E-state index is 12.0. The number of nitrogens with one attached hydrogen (secondary N) is 1. The van der Waals surface area contributed by atoms with Gasteiger partial charge in [0.25, 0.3) is 0 Å². The van der Waals surface area contributed by atoms with E-state index in [2.05, 4.69) is 16.9 Å². The Morgan fingerprint density at radius 2 is 1.91 bits per heavy atom. The summed E-state index contributed by atoms with van der Waals surface area (Å²) in [6, 6.07) is 0. The van der Waals surface area contributed by atoms with Crippen molar-refractivity contribution < 1.29 is 31.1 Å². The van der Waals surface area contributed by atoms with Crippen LogP contribution in [-0.2, 0) is 14.8 Å². The molecule has 132 valence electrons. The van der Waals surface area contributed by atoms with Crippen molar-refractivity contribution in [1.29, 1.82) is 0 Å². The van der Waals surface area contributed by atoms with Crippen LogP contribution in [0.2, 0.25) is 0 Å². The molecule has 0 aromatic rings. The second-order valence-electron chi connectivity index (χ2n) is 6.08. The fourth-order valence-corrected chi connectivity index (χ4v) is 3.67. The highest BCUT2D eigenvalue weighted by Gasteiger charge is 2.47. The van der Waals surface area contributed by atoms with E-state index < -0.39 is 21.6 Å². The van der Waals surface area contributed by atoms with Gasteiger partial charge >= 0.3 is 21.6 Å². The van der Waals surface area contributed by atoms with Crippen LogP contribution < -0.4 is 4.72 Å². The first-order valence-electron chi connectivity index (χ1n) is 7.63. The maximum Gasteiger partial charge on any atom is 0.516 e. The molecule has 0 spiro atoms. The molecule has 2 aliphatic rings. The van der Waals surface area contributed by atoms with Gasteiger partial charge in [-0.15, -0.1) is 0 Å². The second kappa shape index (κ2) is 7.11. The first-order valence-corrected chi connectivity index (χ1v) is 9.11. The number of rotatable bonds is 7. The third-order valence-electron chi connectivity index (χ3n) is 4.39. The number of unbranched alkanes of at least 4 members (excludes halogenated alkanes) is 2. The normalized spacial score (nSPS) is 26.5. The summed E-state index contributed by atoms with van der Waals surface area (Å²) in [5.41, 5.74) is -5.53. The van der Waals surface area contributed by atoms with Gasteiger partial charge in [0.2, 0.25) is 0 Å². The average Bonchev–Trinajstić information content (AvgIpc) is 3.03. The van der Waals surface area contributed by atoms with Crippen molar-refractivity contribution in [2.75, 3.05) is 6.61 Å². The molecule has 2 bridgehead atoms. The van der Waals surface area contributed by atoms with Crippen molar-refractivity contribution in [3.63, 3.8) is 0 Å². The largest absolute Gasteiger partial charge is 0.516 e. The van der Waals surface area contributed by atoms with E-state index in [1.807, 2.05) is 0 Å². The predicted molar refractivity (Wildman–Crippen MR) is 76.8 cm³/mol. The predicted octanol–water partition coefficient (Wildman–Crippen LogP) is 3.33. The molecule has 0 radical (unpaired) electrons. The molecular weight excluding hydrogens is 335 g/mol. The van der Waals surface area contributed by atoms with Gasteiger partial charge in [-0.1, -0.05) is 25.0 Å². The van der Waals surface area contributed by atoms with E-state index in [0.717, 1.165) is 29.9 Å². The lowest BCUT2D eigenvalue weighted by molar-refractivity contribution is -0.0447. The summed E-state index contributed by atoms with van der Waals surface area (Å²) in [6.45, 7) is -0.101.